The summed E-state index contributed by atoms with van der Waals surface area (Å²) in [4.78, 5) is 19.3. The fraction of sp³-hybridized carbons (Fsp3) is 0.276. The van der Waals surface area contributed by atoms with E-state index in [4.69, 9.17) is 4.52 Å². The molecule has 0 saturated carbocycles. The Kier molecular flexibility index (Phi) is 5.97. The van der Waals surface area contributed by atoms with Crippen LogP contribution in [0, 0.1) is 19.7 Å². The van der Waals surface area contributed by atoms with Crippen molar-refractivity contribution in [1.82, 2.24) is 15.0 Å². The summed E-state index contributed by atoms with van der Waals surface area (Å²) < 4.78 is 19.1. The molecule has 2 aromatic carbocycles. The molecule has 5 rings (SSSR count). The molecule has 1 aliphatic rings. The molecule has 35 heavy (non-hydrogen) atoms. The van der Waals surface area contributed by atoms with Crippen LogP contribution in [0.1, 0.15) is 41.0 Å². The van der Waals surface area contributed by atoms with E-state index in [1.165, 1.54) is 12.1 Å². The minimum absolute atomic E-state index is 0.0630. The molecule has 1 fully saturated rings. The van der Waals surface area contributed by atoms with Gasteiger partial charge in [0.1, 0.15) is 11.6 Å². The standard InChI is InChI=1S/C29H28FN3O2/c1-19-28(20(2)35-32-19)23-6-4-22(5-7-23)26-17-33(27(34)16-21-12-14-31-15-13-21)18-29(26,3)24-8-10-25(30)11-9-24/h4-15,26H,16-18H2,1-3H3/t26-,29+/m0/s1. The Labute approximate surface area is 204 Å². The number of carbonyl (C=O) groups excluding carboxylic acids is 1. The highest BCUT2D eigenvalue weighted by molar-refractivity contribution is 5.79. The zero-order valence-corrected chi connectivity index (χ0v) is 20.2. The van der Waals surface area contributed by atoms with Gasteiger partial charge < -0.3 is 9.42 Å². The number of amides is 1. The first-order valence-corrected chi connectivity index (χ1v) is 11.8. The van der Waals surface area contributed by atoms with Gasteiger partial charge in [0.05, 0.1) is 12.1 Å². The van der Waals surface area contributed by atoms with Gasteiger partial charge in [-0.05, 0) is 60.4 Å². The largest absolute Gasteiger partial charge is 0.361 e. The molecule has 1 saturated heterocycles. The second kappa shape index (κ2) is 9.10. The SMILES string of the molecule is Cc1noc(C)c1-c1ccc([C@@H]2CN(C(=O)Cc3ccncc3)C[C@]2(C)c2ccc(F)cc2)cc1. The molecule has 2 atom stereocenters. The van der Waals surface area contributed by atoms with Crippen molar-refractivity contribution in [2.75, 3.05) is 13.1 Å². The highest BCUT2D eigenvalue weighted by Gasteiger charge is 2.46. The fourth-order valence-corrected chi connectivity index (χ4v) is 5.34. The van der Waals surface area contributed by atoms with Crippen LogP contribution < -0.4 is 0 Å². The van der Waals surface area contributed by atoms with Crippen molar-refractivity contribution >= 4 is 5.91 Å². The van der Waals surface area contributed by atoms with Crippen molar-refractivity contribution in [2.24, 2.45) is 0 Å². The van der Waals surface area contributed by atoms with Crippen LogP contribution in [-0.2, 0) is 16.6 Å². The van der Waals surface area contributed by atoms with Gasteiger partial charge in [-0.15, -0.1) is 0 Å². The summed E-state index contributed by atoms with van der Waals surface area (Å²) in [5.74, 6) is 0.675. The summed E-state index contributed by atoms with van der Waals surface area (Å²) in [5.41, 5.74) is 5.69. The Hall–Kier alpha value is -3.80. The summed E-state index contributed by atoms with van der Waals surface area (Å²) >= 11 is 0. The molecular formula is C29H28FN3O2. The number of halogens is 1. The molecule has 1 amide bonds. The Bertz CT molecular complexity index is 1310. The molecule has 0 spiro atoms. The summed E-state index contributed by atoms with van der Waals surface area (Å²) in [6, 6.07) is 18.9. The van der Waals surface area contributed by atoms with Crippen LogP contribution in [0.25, 0.3) is 11.1 Å². The first kappa shape index (κ1) is 23.0. The van der Waals surface area contributed by atoms with E-state index in [2.05, 4.69) is 41.3 Å². The van der Waals surface area contributed by atoms with E-state index in [9.17, 15) is 9.18 Å². The summed E-state index contributed by atoms with van der Waals surface area (Å²) in [6.45, 7) is 7.20. The summed E-state index contributed by atoms with van der Waals surface area (Å²) in [7, 11) is 0. The highest BCUT2D eigenvalue weighted by atomic mass is 19.1. The molecule has 0 unspecified atom stereocenters. The molecule has 0 radical (unpaired) electrons. The second-order valence-electron chi connectivity index (χ2n) is 9.60. The Morgan fingerprint density at radius 3 is 2.37 bits per heavy atom. The van der Waals surface area contributed by atoms with Gasteiger partial charge in [0.2, 0.25) is 5.91 Å². The first-order chi connectivity index (χ1) is 16.8. The second-order valence-corrected chi connectivity index (χ2v) is 9.60. The van der Waals surface area contributed by atoms with Crippen molar-refractivity contribution < 1.29 is 13.7 Å². The third kappa shape index (κ3) is 4.36. The first-order valence-electron chi connectivity index (χ1n) is 11.8. The van der Waals surface area contributed by atoms with Crippen molar-refractivity contribution in [2.45, 2.75) is 38.5 Å². The number of nitrogens with zero attached hydrogens (tertiary/aromatic N) is 3. The van der Waals surface area contributed by atoms with Gasteiger partial charge in [-0.25, -0.2) is 4.39 Å². The Morgan fingerprint density at radius 2 is 1.74 bits per heavy atom. The molecule has 178 valence electrons. The van der Waals surface area contributed by atoms with Gasteiger partial charge in [-0.3, -0.25) is 9.78 Å². The number of aryl methyl sites for hydroxylation is 2. The smallest absolute Gasteiger partial charge is 0.227 e. The molecule has 4 aromatic rings. The average molecular weight is 470 g/mol. The van der Waals surface area contributed by atoms with Crippen LogP contribution in [-0.4, -0.2) is 34.0 Å². The quantitative estimate of drug-likeness (QED) is 0.381. The number of pyridine rings is 1. The molecule has 0 N–H and O–H groups in total. The lowest BCUT2D eigenvalue weighted by Crippen LogP contribution is -2.34. The van der Waals surface area contributed by atoms with E-state index in [-0.39, 0.29) is 23.1 Å². The number of hydrogen-bond donors (Lipinski definition) is 0. The number of rotatable bonds is 5. The third-order valence-corrected chi connectivity index (χ3v) is 7.29. The predicted molar refractivity (Wildman–Crippen MR) is 132 cm³/mol. The van der Waals surface area contributed by atoms with Crippen molar-refractivity contribution in [3.8, 4) is 11.1 Å². The lowest BCUT2D eigenvalue weighted by atomic mass is 9.71. The normalized spacial score (nSPS) is 19.8. The van der Waals surface area contributed by atoms with Crippen LogP contribution >= 0.6 is 0 Å². The van der Waals surface area contributed by atoms with E-state index in [1.807, 2.05) is 43.0 Å². The topological polar surface area (TPSA) is 59.2 Å². The van der Waals surface area contributed by atoms with E-state index >= 15 is 0 Å². The molecule has 5 nitrogen and oxygen atoms in total. The minimum Gasteiger partial charge on any atom is -0.361 e. The van der Waals surface area contributed by atoms with Crippen LogP contribution in [0.5, 0.6) is 0 Å². The maximum Gasteiger partial charge on any atom is 0.227 e. The van der Waals surface area contributed by atoms with Gasteiger partial charge in [0.25, 0.3) is 0 Å². The van der Waals surface area contributed by atoms with Crippen molar-refractivity contribution in [1.29, 1.82) is 0 Å². The van der Waals surface area contributed by atoms with Crippen LogP contribution in [0.2, 0.25) is 0 Å². The van der Waals surface area contributed by atoms with Crippen LogP contribution in [0.15, 0.2) is 77.6 Å². The van der Waals surface area contributed by atoms with Crippen LogP contribution in [0.4, 0.5) is 4.39 Å². The van der Waals surface area contributed by atoms with E-state index < -0.39 is 0 Å². The summed E-state index contributed by atoms with van der Waals surface area (Å²) in [6.07, 6.45) is 3.75. The molecule has 0 bridgehead atoms. The number of hydrogen-bond acceptors (Lipinski definition) is 4. The van der Waals surface area contributed by atoms with E-state index in [0.29, 0.717) is 19.5 Å². The Morgan fingerprint density at radius 1 is 1.06 bits per heavy atom. The maximum absolute atomic E-state index is 13.7. The molecule has 3 heterocycles. The van der Waals surface area contributed by atoms with E-state index in [1.54, 1.807) is 12.4 Å². The number of carbonyl (C=O) groups is 1. The molecular weight excluding hydrogens is 441 g/mol. The molecule has 6 heteroatoms. The van der Waals surface area contributed by atoms with Crippen molar-refractivity contribution in [3.63, 3.8) is 0 Å². The highest BCUT2D eigenvalue weighted by Crippen LogP contribution is 2.45. The number of likely N-dealkylation sites (tertiary alicyclic amines) is 1. The minimum atomic E-state index is -0.355. The monoisotopic (exact) mass is 469 g/mol. The molecule has 0 aliphatic carbocycles. The lowest BCUT2D eigenvalue weighted by Gasteiger charge is -2.31. The third-order valence-electron chi connectivity index (χ3n) is 7.29. The van der Waals surface area contributed by atoms with Gasteiger partial charge in [0, 0.05) is 42.4 Å². The van der Waals surface area contributed by atoms with E-state index in [0.717, 1.165) is 39.3 Å². The molecule has 2 aromatic heterocycles. The molecule has 1 aliphatic heterocycles. The summed E-state index contributed by atoms with van der Waals surface area (Å²) in [5, 5.41) is 4.07. The van der Waals surface area contributed by atoms with Gasteiger partial charge in [-0.2, -0.15) is 0 Å². The zero-order valence-electron chi connectivity index (χ0n) is 20.2. The number of benzene rings is 2. The zero-order chi connectivity index (χ0) is 24.6. The average Bonchev–Trinajstić information content (AvgIpc) is 3.40. The van der Waals surface area contributed by atoms with Gasteiger partial charge in [-0.1, -0.05) is 48.5 Å². The number of aromatic nitrogens is 2. The van der Waals surface area contributed by atoms with Gasteiger partial charge >= 0.3 is 0 Å². The fourth-order valence-electron chi connectivity index (χ4n) is 5.34. The Balaban J connectivity index is 1.48. The van der Waals surface area contributed by atoms with Crippen LogP contribution in [0.3, 0.4) is 0 Å². The van der Waals surface area contributed by atoms with Crippen molar-refractivity contribution in [3.05, 3.63) is 107 Å². The predicted octanol–water partition coefficient (Wildman–Crippen LogP) is 5.62. The maximum atomic E-state index is 13.7. The van der Waals surface area contributed by atoms with Gasteiger partial charge in [0.15, 0.2) is 0 Å². The lowest BCUT2D eigenvalue weighted by molar-refractivity contribution is -0.129.